The highest BCUT2D eigenvalue weighted by molar-refractivity contribution is 5.95. The van der Waals surface area contributed by atoms with E-state index in [2.05, 4.69) is 11.4 Å². The number of amides is 2. The normalized spacial score (nSPS) is 16.2. The number of carbonyl (C=O) groups excluding carboxylic acids is 2. The van der Waals surface area contributed by atoms with Gasteiger partial charge in [0, 0.05) is 0 Å². The molecule has 0 atom stereocenters. The maximum atomic E-state index is 12.1. The fourth-order valence-electron chi connectivity index (χ4n) is 2.82. The first-order valence-electron chi connectivity index (χ1n) is 7.71. The van der Waals surface area contributed by atoms with Crippen LogP contribution in [0.15, 0.2) is 18.2 Å². The van der Waals surface area contributed by atoms with Gasteiger partial charge in [-0.15, -0.1) is 0 Å². The largest absolute Gasteiger partial charge is 0.483 e. The minimum absolute atomic E-state index is 0.232. The number of nitriles is 1. The zero-order valence-electron chi connectivity index (χ0n) is 13.2. The van der Waals surface area contributed by atoms with Crippen LogP contribution in [0.5, 0.6) is 5.75 Å². The molecule has 1 fully saturated rings. The van der Waals surface area contributed by atoms with Crippen LogP contribution in [0.3, 0.4) is 0 Å². The van der Waals surface area contributed by atoms with Crippen molar-refractivity contribution in [1.29, 1.82) is 5.26 Å². The number of benzene rings is 1. The van der Waals surface area contributed by atoms with E-state index in [1.54, 1.807) is 18.2 Å². The van der Waals surface area contributed by atoms with Gasteiger partial charge in [-0.05, 0) is 37.5 Å². The molecule has 2 rings (SSSR count). The minimum atomic E-state index is -0.794. The Morgan fingerprint density at radius 2 is 2.04 bits per heavy atom. The standard InChI is InChI=1S/C17H21N3O3/c1-12-5-6-13(16(19)22)14(9-12)23-10-15(21)20-17(11-18)7-3-2-4-8-17/h5-6,9H,2-4,7-8,10H2,1H3,(H2,19,22)(H,20,21). The number of hydrogen-bond donors (Lipinski definition) is 2. The predicted molar refractivity (Wildman–Crippen MR) is 84.8 cm³/mol. The molecule has 0 radical (unpaired) electrons. The Kier molecular flexibility index (Phi) is 5.22. The maximum absolute atomic E-state index is 12.1. The highest BCUT2D eigenvalue weighted by Gasteiger charge is 2.33. The molecule has 2 amide bonds. The van der Waals surface area contributed by atoms with Crippen LogP contribution in [-0.4, -0.2) is 24.0 Å². The Bertz CT molecular complexity index is 643. The molecule has 0 heterocycles. The van der Waals surface area contributed by atoms with E-state index in [1.165, 1.54) is 0 Å². The summed E-state index contributed by atoms with van der Waals surface area (Å²) in [4.78, 5) is 23.5. The average molecular weight is 315 g/mol. The van der Waals surface area contributed by atoms with Crippen LogP contribution in [-0.2, 0) is 4.79 Å². The topological polar surface area (TPSA) is 105 Å². The number of rotatable bonds is 5. The zero-order chi connectivity index (χ0) is 16.9. The van der Waals surface area contributed by atoms with Gasteiger partial charge in [0.15, 0.2) is 6.61 Å². The van der Waals surface area contributed by atoms with Crippen LogP contribution in [0.1, 0.15) is 48.0 Å². The monoisotopic (exact) mass is 315 g/mol. The zero-order valence-corrected chi connectivity index (χ0v) is 13.2. The van der Waals surface area contributed by atoms with Gasteiger partial charge >= 0.3 is 0 Å². The van der Waals surface area contributed by atoms with Gasteiger partial charge in [0.2, 0.25) is 0 Å². The van der Waals surface area contributed by atoms with Crippen molar-refractivity contribution in [2.75, 3.05) is 6.61 Å². The molecule has 0 spiro atoms. The van der Waals surface area contributed by atoms with E-state index < -0.39 is 11.4 Å². The molecule has 0 aromatic heterocycles. The molecule has 6 heteroatoms. The lowest BCUT2D eigenvalue weighted by Crippen LogP contribution is -2.50. The van der Waals surface area contributed by atoms with Gasteiger partial charge in [0.25, 0.3) is 11.8 Å². The Hall–Kier alpha value is -2.55. The number of nitrogens with two attached hydrogens (primary N) is 1. The number of ether oxygens (including phenoxy) is 1. The van der Waals surface area contributed by atoms with Crippen molar-refractivity contribution < 1.29 is 14.3 Å². The van der Waals surface area contributed by atoms with Crippen molar-refractivity contribution in [3.8, 4) is 11.8 Å². The number of carbonyl (C=O) groups is 2. The fraction of sp³-hybridized carbons (Fsp3) is 0.471. The average Bonchev–Trinajstić information content (AvgIpc) is 2.53. The molecule has 1 aliphatic rings. The van der Waals surface area contributed by atoms with Gasteiger partial charge < -0.3 is 15.8 Å². The van der Waals surface area contributed by atoms with Gasteiger partial charge in [0.05, 0.1) is 11.6 Å². The predicted octanol–water partition coefficient (Wildman–Crippen LogP) is 1.82. The number of nitrogens with one attached hydrogen (secondary N) is 1. The van der Waals surface area contributed by atoms with Crippen molar-refractivity contribution >= 4 is 11.8 Å². The molecular formula is C17H21N3O3. The van der Waals surface area contributed by atoms with Crippen LogP contribution < -0.4 is 15.8 Å². The van der Waals surface area contributed by atoms with E-state index in [0.717, 1.165) is 24.8 Å². The molecule has 1 aromatic rings. The van der Waals surface area contributed by atoms with Gasteiger partial charge in [-0.25, -0.2) is 0 Å². The lowest BCUT2D eigenvalue weighted by molar-refractivity contribution is -0.124. The molecule has 1 saturated carbocycles. The summed E-state index contributed by atoms with van der Waals surface area (Å²) in [5.74, 6) is -0.700. The van der Waals surface area contributed by atoms with Crippen LogP contribution in [0.2, 0.25) is 0 Å². The molecule has 1 aliphatic carbocycles. The van der Waals surface area contributed by atoms with Gasteiger partial charge in [0.1, 0.15) is 11.3 Å². The third-order valence-electron chi connectivity index (χ3n) is 4.06. The fourth-order valence-corrected chi connectivity index (χ4v) is 2.82. The first kappa shape index (κ1) is 16.8. The third kappa shape index (κ3) is 4.22. The summed E-state index contributed by atoms with van der Waals surface area (Å²) >= 11 is 0. The first-order chi connectivity index (χ1) is 11.0. The van der Waals surface area contributed by atoms with E-state index in [9.17, 15) is 14.9 Å². The summed E-state index contributed by atoms with van der Waals surface area (Å²) in [5, 5.41) is 12.1. The first-order valence-corrected chi connectivity index (χ1v) is 7.71. The molecular weight excluding hydrogens is 294 g/mol. The van der Waals surface area contributed by atoms with E-state index in [0.29, 0.717) is 12.8 Å². The van der Waals surface area contributed by atoms with Crippen molar-refractivity contribution in [2.24, 2.45) is 5.73 Å². The van der Waals surface area contributed by atoms with Crippen LogP contribution in [0.25, 0.3) is 0 Å². The summed E-state index contributed by atoms with van der Waals surface area (Å²) in [6.07, 6.45) is 4.26. The second-order valence-corrected chi connectivity index (χ2v) is 5.96. The number of hydrogen-bond acceptors (Lipinski definition) is 4. The second-order valence-electron chi connectivity index (χ2n) is 5.96. The highest BCUT2D eigenvalue weighted by Crippen LogP contribution is 2.27. The van der Waals surface area contributed by atoms with Gasteiger partial charge in [-0.3, -0.25) is 9.59 Å². The lowest BCUT2D eigenvalue weighted by Gasteiger charge is -2.31. The SMILES string of the molecule is Cc1ccc(C(N)=O)c(OCC(=O)NC2(C#N)CCCCC2)c1. The van der Waals surface area contributed by atoms with Crippen molar-refractivity contribution in [3.05, 3.63) is 29.3 Å². The van der Waals surface area contributed by atoms with E-state index in [-0.39, 0.29) is 23.8 Å². The Balaban J connectivity index is 2.01. The van der Waals surface area contributed by atoms with Gasteiger partial charge in [-0.1, -0.05) is 25.3 Å². The third-order valence-corrected chi connectivity index (χ3v) is 4.06. The molecule has 0 unspecified atom stereocenters. The quantitative estimate of drug-likeness (QED) is 0.864. The Morgan fingerprint density at radius 3 is 2.65 bits per heavy atom. The van der Waals surface area contributed by atoms with E-state index in [1.807, 2.05) is 6.92 Å². The number of primary amides is 1. The van der Waals surface area contributed by atoms with Crippen molar-refractivity contribution in [3.63, 3.8) is 0 Å². The summed E-state index contributed by atoms with van der Waals surface area (Å²) in [5.41, 5.74) is 5.63. The number of nitrogens with zero attached hydrogens (tertiary/aromatic N) is 1. The summed E-state index contributed by atoms with van der Waals surface area (Å²) in [6.45, 7) is 1.59. The molecule has 1 aromatic carbocycles. The maximum Gasteiger partial charge on any atom is 0.259 e. The summed E-state index contributed by atoms with van der Waals surface area (Å²) in [7, 11) is 0. The molecule has 122 valence electrons. The van der Waals surface area contributed by atoms with Crippen LogP contribution in [0, 0.1) is 18.3 Å². The molecule has 6 nitrogen and oxygen atoms in total. The summed E-state index contributed by atoms with van der Waals surface area (Å²) in [6, 6.07) is 7.21. The van der Waals surface area contributed by atoms with E-state index in [4.69, 9.17) is 10.5 Å². The Morgan fingerprint density at radius 1 is 1.35 bits per heavy atom. The smallest absolute Gasteiger partial charge is 0.259 e. The molecule has 0 bridgehead atoms. The molecule has 23 heavy (non-hydrogen) atoms. The lowest BCUT2D eigenvalue weighted by atomic mass is 9.83. The molecule has 0 aliphatic heterocycles. The van der Waals surface area contributed by atoms with Crippen molar-refractivity contribution in [1.82, 2.24) is 5.32 Å². The van der Waals surface area contributed by atoms with Gasteiger partial charge in [-0.2, -0.15) is 5.26 Å². The minimum Gasteiger partial charge on any atom is -0.483 e. The molecule has 0 saturated heterocycles. The number of aryl methyl sites for hydroxylation is 1. The van der Waals surface area contributed by atoms with E-state index >= 15 is 0 Å². The Labute approximate surface area is 135 Å². The van der Waals surface area contributed by atoms with Crippen LogP contribution >= 0.6 is 0 Å². The van der Waals surface area contributed by atoms with Crippen molar-refractivity contribution in [2.45, 2.75) is 44.6 Å². The van der Waals surface area contributed by atoms with Crippen LogP contribution in [0.4, 0.5) is 0 Å². The molecule has 3 N–H and O–H groups in total. The summed E-state index contributed by atoms with van der Waals surface area (Å²) < 4.78 is 5.45. The second kappa shape index (κ2) is 7.14. The highest BCUT2D eigenvalue weighted by atomic mass is 16.5.